The maximum Gasteiger partial charge on any atom is 0.414 e. The van der Waals surface area contributed by atoms with Gasteiger partial charge in [-0.05, 0) is 58.0 Å². The summed E-state index contributed by atoms with van der Waals surface area (Å²) in [4.78, 5) is 23.7. The fraction of sp³-hybridized carbons (Fsp3) is 0.619. The number of nitrogens with zero attached hydrogens (tertiary/aromatic N) is 3. The van der Waals surface area contributed by atoms with Gasteiger partial charge in [0.05, 0.1) is 4.90 Å². The molecule has 3 rings (SSSR count). The predicted octanol–water partition coefficient (Wildman–Crippen LogP) is 1.33. The van der Waals surface area contributed by atoms with Gasteiger partial charge in [-0.25, -0.2) is 18.0 Å². The summed E-state index contributed by atoms with van der Waals surface area (Å²) >= 11 is 0. The SMILES string of the molecule is CCCN1CCC(N2CCN(S(=O)(=O)c3ccc(C)cc3)CC2)CC1.O=C(O)C(=O)O. The van der Waals surface area contributed by atoms with E-state index < -0.39 is 22.0 Å². The lowest BCUT2D eigenvalue weighted by Gasteiger charge is -2.42. The highest BCUT2D eigenvalue weighted by Crippen LogP contribution is 2.22. The van der Waals surface area contributed by atoms with Crippen LogP contribution in [0.25, 0.3) is 0 Å². The van der Waals surface area contributed by atoms with Crippen molar-refractivity contribution < 1.29 is 28.2 Å². The lowest BCUT2D eigenvalue weighted by Crippen LogP contribution is -2.54. The highest BCUT2D eigenvalue weighted by Gasteiger charge is 2.32. The van der Waals surface area contributed by atoms with Crippen molar-refractivity contribution in [2.45, 2.75) is 44.0 Å². The Morgan fingerprint density at radius 2 is 1.45 bits per heavy atom. The zero-order chi connectivity index (χ0) is 23.0. The number of aliphatic carboxylic acids is 2. The first-order chi connectivity index (χ1) is 14.6. The second-order valence-corrected chi connectivity index (χ2v) is 9.87. The lowest BCUT2D eigenvalue weighted by atomic mass is 10.0. The Morgan fingerprint density at radius 1 is 0.935 bits per heavy atom. The topological polar surface area (TPSA) is 118 Å². The molecule has 9 nitrogen and oxygen atoms in total. The van der Waals surface area contributed by atoms with Gasteiger partial charge in [0.25, 0.3) is 0 Å². The number of carboxylic acids is 2. The zero-order valence-corrected chi connectivity index (χ0v) is 19.1. The molecule has 0 radical (unpaired) electrons. The molecule has 2 heterocycles. The van der Waals surface area contributed by atoms with E-state index in [2.05, 4.69) is 16.7 Å². The molecule has 1 aromatic carbocycles. The van der Waals surface area contributed by atoms with Gasteiger partial charge >= 0.3 is 11.9 Å². The molecule has 1 aromatic rings. The van der Waals surface area contributed by atoms with E-state index in [9.17, 15) is 8.42 Å². The van der Waals surface area contributed by atoms with E-state index in [0.29, 0.717) is 24.0 Å². The lowest BCUT2D eigenvalue weighted by molar-refractivity contribution is -0.159. The molecular formula is C21H33N3O6S. The number of piperidine rings is 1. The number of hydrogen-bond donors (Lipinski definition) is 2. The van der Waals surface area contributed by atoms with E-state index in [1.165, 1.54) is 38.9 Å². The van der Waals surface area contributed by atoms with Crippen LogP contribution in [0.1, 0.15) is 31.7 Å². The van der Waals surface area contributed by atoms with Crippen molar-refractivity contribution >= 4 is 22.0 Å². The quantitative estimate of drug-likeness (QED) is 0.639. The summed E-state index contributed by atoms with van der Waals surface area (Å²) in [5.74, 6) is -3.65. The number of benzene rings is 1. The number of piperazine rings is 1. The molecule has 0 saturated carbocycles. The summed E-state index contributed by atoms with van der Waals surface area (Å²) in [5, 5.41) is 14.8. The van der Waals surface area contributed by atoms with E-state index in [0.717, 1.165) is 18.7 Å². The van der Waals surface area contributed by atoms with Gasteiger partial charge in [0.2, 0.25) is 10.0 Å². The fourth-order valence-electron chi connectivity index (χ4n) is 3.99. The van der Waals surface area contributed by atoms with E-state index in [4.69, 9.17) is 19.8 Å². The third kappa shape index (κ3) is 7.27. The molecule has 0 unspecified atom stereocenters. The monoisotopic (exact) mass is 455 g/mol. The number of carbonyl (C=O) groups is 2. The van der Waals surface area contributed by atoms with Crippen LogP contribution in [0.2, 0.25) is 0 Å². The van der Waals surface area contributed by atoms with Gasteiger partial charge in [-0.1, -0.05) is 24.6 Å². The van der Waals surface area contributed by atoms with Crippen LogP contribution in [0.4, 0.5) is 0 Å². The van der Waals surface area contributed by atoms with Gasteiger partial charge in [0.1, 0.15) is 0 Å². The molecule has 31 heavy (non-hydrogen) atoms. The summed E-state index contributed by atoms with van der Waals surface area (Å²) in [5.41, 5.74) is 1.08. The van der Waals surface area contributed by atoms with Crippen molar-refractivity contribution in [1.29, 1.82) is 0 Å². The van der Waals surface area contributed by atoms with Crippen LogP contribution in [-0.2, 0) is 19.6 Å². The Bertz CT molecular complexity index is 815. The van der Waals surface area contributed by atoms with E-state index in [1.54, 1.807) is 16.4 Å². The highest BCUT2D eigenvalue weighted by molar-refractivity contribution is 7.89. The number of likely N-dealkylation sites (tertiary alicyclic amines) is 1. The number of aryl methyl sites for hydroxylation is 1. The van der Waals surface area contributed by atoms with Crippen molar-refractivity contribution in [1.82, 2.24) is 14.1 Å². The molecule has 0 aliphatic carbocycles. The second-order valence-electron chi connectivity index (χ2n) is 7.94. The van der Waals surface area contributed by atoms with Crippen LogP contribution in [-0.4, -0.2) is 96.5 Å². The fourth-order valence-corrected chi connectivity index (χ4v) is 5.41. The first kappa shape index (κ1) is 25.3. The van der Waals surface area contributed by atoms with Crippen LogP contribution in [0.5, 0.6) is 0 Å². The molecule has 10 heteroatoms. The third-order valence-corrected chi connectivity index (χ3v) is 7.64. The highest BCUT2D eigenvalue weighted by atomic mass is 32.2. The van der Waals surface area contributed by atoms with E-state index in [1.807, 2.05) is 19.1 Å². The average Bonchev–Trinajstić information content (AvgIpc) is 2.75. The van der Waals surface area contributed by atoms with Crippen molar-refractivity contribution in [3.05, 3.63) is 29.8 Å². The first-order valence-electron chi connectivity index (χ1n) is 10.6. The number of hydrogen-bond acceptors (Lipinski definition) is 6. The largest absolute Gasteiger partial charge is 0.473 e. The molecule has 0 atom stereocenters. The number of rotatable bonds is 5. The summed E-state index contributed by atoms with van der Waals surface area (Å²) < 4.78 is 27.2. The zero-order valence-electron chi connectivity index (χ0n) is 18.2. The van der Waals surface area contributed by atoms with Crippen LogP contribution in [0.3, 0.4) is 0 Å². The molecular weight excluding hydrogens is 422 g/mol. The van der Waals surface area contributed by atoms with Crippen LogP contribution in [0, 0.1) is 6.92 Å². The maximum absolute atomic E-state index is 12.8. The Labute approximate surface area is 184 Å². The summed E-state index contributed by atoms with van der Waals surface area (Å²) in [6, 6.07) is 7.80. The van der Waals surface area contributed by atoms with Crippen molar-refractivity contribution in [3.63, 3.8) is 0 Å². The van der Waals surface area contributed by atoms with Crippen molar-refractivity contribution in [2.24, 2.45) is 0 Å². The predicted molar refractivity (Wildman–Crippen MR) is 117 cm³/mol. The first-order valence-corrected chi connectivity index (χ1v) is 12.1. The van der Waals surface area contributed by atoms with Gasteiger partial charge in [0, 0.05) is 32.2 Å². The standard InChI is InChI=1S/C19H31N3O2S.C2H2O4/c1-3-10-20-11-8-18(9-12-20)21-13-15-22(16-14-21)25(23,24)19-6-4-17(2)5-7-19;3-1(4)2(5)6/h4-7,18H,3,8-16H2,1-2H3;(H,3,4)(H,5,6). The Morgan fingerprint density at radius 3 is 1.90 bits per heavy atom. The van der Waals surface area contributed by atoms with E-state index >= 15 is 0 Å². The Kier molecular flexibility index (Phi) is 9.42. The van der Waals surface area contributed by atoms with Gasteiger partial charge < -0.3 is 15.1 Å². The minimum absolute atomic E-state index is 0.416. The molecule has 2 saturated heterocycles. The number of carboxylic acid groups (broad SMARTS) is 2. The van der Waals surface area contributed by atoms with Crippen molar-refractivity contribution in [2.75, 3.05) is 45.8 Å². The second kappa shape index (κ2) is 11.6. The molecule has 2 aliphatic rings. The van der Waals surface area contributed by atoms with Crippen LogP contribution in [0.15, 0.2) is 29.2 Å². The molecule has 2 fully saturated rings. The molecule has 0 amide bonds. The van der Waals surface area contributed by atoms with E-state index in [-0.39, 0.29) is 0 Å². The molecule has 2 N–H and O–H groups in total. The summed E-state index contributed by atoms with van der Waals surface area (Å²) in [7, 11) is -3.35. The van der Waals surface area contributed by atoms with Gasteiger partial charge in [0.15, 0.2) is 0 Å². The third-order valence-electron chi connectivity index (χ3n) is 5.73. The van der Waals surface area contributed by atoms with Crippen LogP contribution < -0.4 is 0 Å². The summed E-state index contributed by atoms with van der Waals surface area (Å²) in [6.07, 6.45) is 3.65. The molecule has 2 aliphatic heterocycles. The maximum atomic E-state index is 12.8. The minimum Gasteiger partial charge on any atom is -0.473 e. The van der Waals surface area contributed by atoms with Gasteiger partial charge in [-0.3, -0.25) is 4.90 Å². The Balaban J connectivity index is 0.000000501. The Hall–Kier alpha value is -2.01. The number of sulfonamides is 1. The van der Waals surface area contributed by atoms with Gasteiger partial charge in [-0.15, -0.1) is 0 Å². The normalized spacial score (nSPS) is 19.4. The molecule has 0 spiro atoms. The average molecular weight is 456 g/mol. The van der Waals surface area contributed by atoms with Crippen molar-refractivity contribution in [3.8, 4) is 0 Å². The van der Waals surface area contributed by atoms with Crippen LogP contribution >= 0.6 is 0 Å². The molecule has 0 bridgehead atoms. The molecule has 174 valence electrons. The minimum atomic E-state index is -3.35. The smallest absolute Gasteiger partial charge is 0.414 e. The molecule has 0 aromatic heterocycles. The van der Waals surface area contributed by atoms with Gasteiger partial charge in [-0.2, -0.15) is 4.31 Å². The summed E-state index contributed by atoms with van der Waals surface area (Å²) in [6.45, 7) is 10.7.